The van der Waals surface area contributed by atoms with Gasteiger partial charge in [-0.25, -0.2) is 4.79 Å². The fourth-order valence-corrected chi connectivity index (χ4v) is 3.42. The van der Waals surface area contributed by atoms with Crippen molar-refractivity contribution >= 4 is 5.97 Å². The molecule has 3 nitrogen and oxygen atoms in total. The van der Waals surface area contributed by atoms with E-state index in [0.29, 0.717) is 18.8 Å². The first kappa shape index (κ1) is 19.0. The van der Waals surface area contributed by atoms with Gasteiger partial charge in [0.15, 0.2) is 0 Å². The van der Waals surface area contributed by atoms with Gasteiger partial charge >= 0.3 is 5.97 Å². The van der Waals surface area contributed by atoms with Crippen LogP contribution >= 0.6 is 0 Å². The van der Waals surface area contributed by atoms with Crippen molar-refractivity contribution in [3.8, 4) is 11.1 Å². The Hall–Kier alpha value is -2.81. The number of carbonyl (C=O) groups excluding carboxylic acids is 1. The molecule has 140 valence electrons. The van der Waals surface area contributed by atoms with Gasteiger partial charge in [-0.3, -0.25) is 0 Å². The van der Waals surface area contributed by atoms with Crippen molar-refractivity contribution in [2.24, 2.45) is 0 Å². The fraction of sp³-hybridized carbons (Fsp3) is 0.292. The van der Waals surface area contributed by atoms with Gasteiger partial charge in [0.05, 0.1) is 6.61 Å². The Bertz CT molecular complexity index is 866. The first-order valence-corrected chi connectivity index (χ1v) is 9.73. The summed E-state index contributed by atoms with van der Waals surface area (Å²) in [6.07, 6.45) is 5.30. The summed E-state index contributed by atoms with van der Waals surface area (Å²) >= 11 is 0. The lowest BCUT2D eigenvalue weighted by molar-refractivity contribution is 0.0515. The number of benzene rings is 2. The standard InChI is InChI=1S/C24H27NO2/c1-3-5-14-21-18-25(17-19-12-8-6-9-13-19)23(24(26)27-4-2)22(21)20-15-10-7-11-16-20/h6-13,15-16,18H,3-5,14,17H2,1-2H3. The number of carbonyl (C=O) groups is 1. The summed E-state index contributed by atoms with van der Waals surface area (Å²) in [5.74, 6) is -0.255. The molecule has 0 aliphatic heterocycles. The quantitative estimate of drug-likeness (QED) is 0.480. The maximum Gasteiger partial charge on any atom is 0.355 e. The fourth-order valence-electron chi connectivity index (χ4n) is 3.42. The van der Waals surface area contributed by atoms with E-state index in [9.17, 15) is 4.79 Å². The highest BCUT2D eigenvalue weighted by Crippen LogP contribution is 2.32. The number of aryl methyl sites for hydroxylation is 1. The van der Waals surface area contributed by atoms with E-state index in [1.165, 1.54) is 11.1 Å². The molecule has 3 heteroatoms. The van der Waals surface area contributed by atoms with Gasteiger partial charge in [0.25, 0.3) is 0 Å². The molecule has 0 saturated heterocycles. The van der Waals surface area contributed by atoms with Gasteiger partial charge in [-0.15, -0.1) is 0 Å². The molecule has 0 fully saturated rings. The first-order valence-electron chi connectivity index (χ1n) is 9.73. The molecule has 0 bridgehead atoms. The summed E-state index contributed by atoms with van der Waals surface area (Å²) < 4.78 is 7.48. The van der Waals surface area contributed by atoms with Crippen molar-refractivity contribution in [1.82, 2.24) is 4.57 Å². The van der Waals surface area contributed by atoms with Crippen LogP contribution in [0.5, 0.6) is 0 Å². The third-order valence-corrected chi connectivity index (χ3v) is 4.68. The number of nitrogens with zero attached hydrogens (tertiary/aromatic N) is 1. The van der Waals surface area contributed by atoms with Crippen LogP contribution in [-0.4, -0.2) is 17.1 Å². The van der Waals surface area contributed by atoms with E-state index in [1.54, 1.807) is 0 Å². The SMILES string of the molecule is CCCCc1cn(Cc2ccccc2)c(C(=O)OCC)c1-c1ccccc1. The molecule has 0 amide bonds. The highest BCUT2D eigenvalue weighted by molar-refractivity contribution is 5.97. The van der Waals surface area contributed by atoms with Crippen LogP contribution in [0, 0.1) is 0 Å². The van der Waals surface area contributed by atoms with E-state index in [-0.39, 0.29) is 5.97 Å². The van der Waals surface area contributed by atoms with Crippen molar-refractivity contribution in [3.05, 3.63) is 83.7 Å². The largest absolute Gasteiger partial charge is 0.461 e. The zero-order valence-electron chi connectivity index (χ0n) is 16.2. The van der Waals surface area contributed by atoms with Gasteiger partial charge in [0.1, 0.15) is 5.69 Å². The van der Waals surface area contributed by atoms with Crippen LogP contribution in [0.25, 0.3) is 11.1 Å². The zero-order valence-corrected chi connectivity index (χ0v) is 16.2. The average Bonchev–Trinajstić information content (AvgIpc) is 3.06. The van der Waals surface area contributed by atoms with Crippen molar-refractivity contribution in [2.75, 3.05) is 6.61 Å². The molecule has 27 heavy (non-hydrogen) atoms. The highest BCUT2D eigenvalue weighted by atomic mass is 16.5. The Morgan fingerprint density at radius 3 is 2.26 bits per heavy atom. The third kappa shape index (κ3) is 4.48. The van der Waals surface area contributed by atoms with Crippen molar-refractivity contribution in [3.63, 3.8) is 0 Å². The molecule has 0 aliphatic rings. The maximum absolute atomic E-state index is 12.9. The average molecular weight is 361 g/mol. The molecule has 0 atom stereocenters. The predicted molar refractivity (Wildman–Crippen MR) is 110 cm³/mol. The monoisotopic (exact) mass is 361 g/mol. The number of aromatic nitrogens is 1. The van der Waals surface area contributed by atoms with E-state index < -0.39 is 0 Å². The minimum absolute atomic E-state index is 0.255. The van der Waals surface area contributed by atoms with E-state index in [0.717, 1.165) is 30.4 Å². The van der Waals surface area contributed by atoms with Gasteiger partial charge in [0, 0.05) is 18.3 Å². The molecule has 1 heterocycles. The second kappa shape index (κ2) is 9.22. The van der Waals surface area contributed by atoms with Gasteiger partial charge in [-0.05, 0) is 36.5 Å². The molecular formula is C24H27NO2. The molecule has 0 radical (unpaired) electrons. The summed E-state index contributed by atoms with van der Waals surface area (Å²) in [7, 11) is 0. The Kier molecular flexibility index (Phi) is 6.48. The van der Waals surface area contributed by atoms with Crippen LogP contribution in [0.1, 0.15) is 48.3 Å². The summed E-state index contributed by atoms with van der Waals surface area (Å²) in [6, 6.07) is 20.4. The van der Waals surface area contributed by atoms with Crippen molar-refractivity contribution in [2.45, 2.75) is 39.7 Å². The molecule has 1 aromatic heterocycles. The lowest BCUT2D eigenvalue weighted by Gasteiger charge is -2.11. The third-order valence-electron chi connectivity index (χ3n) is 4.68. The molecule has 3 rings (SSSR count). The number of unbranched alkanes of at least 4 members (excludes halogenated alkanes) is 1. The molecule has 0 N–H and O–H groups in total. The second-order valence-corrected chi connectivity index (χ2v) is 6.68. The van der Waals surface area contributed by atoms with Crippen LogP contribution in [0.15, 0.2) is 66.9 Å². The minimum atomic E-state index is -0.255. The van der Waals surface area contributed by atoms with Crippen molar-refractivity contribution in [1.29, 1.82) is 0 Å². The maximum atomic E-state index is 12.9. The van der Waals surface area contributed by atoms with Gasteiger partial charge < -0.3 is 9.30 Å². The van der Waals surface area contributed by atoms with Crippen LogP contribution in [-0.2, 0) is 17.7 Å². The van der Waals surface area contributed by atoms with Crippen LogP contribution in [0.2, 0.25) is 0 Å². The Morgan fingerprint density at radius 1 is 0.963 bits per heavy atom. The summed E-state index contributed by atoms with van der Waals surface area (Å²) in [4.78, 5) is 12.9. The lowest BCUT2D eigenvalue weighted by atomic mass is 9.98. The number of ether oxygens (including phenoxy) is 1. The molecule has 0 aliphatic carbocycles. The zero-order chi connectivity index (χ0) is 19.1. The highest BCUT2D eigenvalue weighted by Gasteiger charge is 2.23. The Morgan fingerprint density at radius 2 is 1.63 bits per heavy atom. The summed E-state index contributed by atoms with van der Waals surface area (Å²) in [5, 5.41) is 0. The summed E-state index contributed by atoms with van der Waals surface area (Å²) in [5.41, 5.74) is 5.11. The summed E-state index contributed by atoms with van der Waals surface area (Å²) in [6.45, 7) is 5.06. The molecule has 0 saturated carbocycles. The topological polar surface area (TPSA) is 31.2 Å². The normalized spacial score (nSPS) is 10.7. The number of hydrogen-bond acceptors (Lipinski definition) is 2. The lowest BCUT2D eigenvalue weighted by Crippen LogP contribution is -2.13. The second-order valence-electron chi connectivity index (χ2n) is 6.68. The molecular weight excluding hydrogens is 334 g/mol. The molecule has 0 unspecified atom stereocenters. The van der Waals surface area contributed by atoms with Crippen LogP contribution < -0.4 is 0 Å². The molecule has 0 spiro atoms. The minimum Gasteiger partial charge on any atom is -0.461 e. The van der Waals surface area contributed by atoms with E-state index in [4.69, 9.17) is 4.74 Å². The van der Waals surface area contributed by atoms with Gasteiger partial charge in [-0.2, -0.15) is 0 Å². The van der Waals surface area contributed by atoms with Crippen molar-refractivity contribution < 1.29 is 9.53 Å². The van der Waals surface area contributed by atoms with Gasteiger partial charge in [0.2, 0.25) is 0 Å². The Balaban J connectivity index is 2.13. The van der Waals surface area contributed by atoms with E-state index in [2.05, 4.69) is 42.0 Å². The predicted octanol–water partition coefficient (Wildman–Crippen LogP) is 5.72. The van der Waals surface area contributed by atoms with E-state index >= 15 is 0 Å². The van der Waals surface area contributed by atoms with E-state index in [1.807, 2.05) is 43.3 Å². The van der Waals surface area contributed by atoms with Gasteiger partial charge in [-0.1, -0.05) is 74.0 Å². The number of rotatable bonds is 8. The first-order chi connectivity index (χ1) is 13.2. The molecule has 3 aromatic rings. The number of hydrogen-bond donors (Lipinski definition) is 0. The number of esters is 1. The van der Waals surface area contributed by atoms with Crippen LogP contribution in [0.3, 0.4) is 0 Å². The van der Waals surface area contributed by atoms with Crippen LogP contribution in [0.4, 0.5) is 0 Å². The molecule has 2 aromatic carbocycles. The smallest absolute Gasteiger partial charge is 0.355 e. The Labute approximate surface area is 161 Å².